The van der Waals surface area contributed by atoms with Gasteiger partial charge in [-0.25, -0.2) is 4.98 Å². The van der Waals surface area contributed by atoms with Crippen molar-refractivity contribution in [2.24, 2.45) is 10.7 Å². The van der Waals surface area contributed by atoms with Crippen LogP contribution in [0.3, 0.4) is 0 Å². The number of hydrogen-bond donors (Lipinski definition) is 1. The number of rotatable bonds is 4. The smallest absolute Gasteiger partial charge is 0.132 e. The van der Waals surface area contributed by atoms with E-state index in [4.69, 9.17) is 26.8 Å². The predicted molar refractivity (Wildman–Crippen MR) is 75.7 cm³/mol. The molecular formula is C13H16ClN3O2. The molecule has 2 rings (SSSR count). The van der Waals surface area contributed by atoms with Crippen molar-refractivity contribution in [2.75, 3.05) is 20.3 Å². The summed E-state index contributed by atoms with van der Waals surface area (Å²) in [5, 5.41) is 0.373. The minimum absolute atomic E-state index is 0.196. The summed E-state index contributed by atoms with van der Waals surface area (Å²) >= 11 is 5.83. The van der Waals surface area contributed by atoms with Crippen molar-refractivity contribution in [3.8, 4) is 5.75 Å². The van der Waals surface area contributed by atoms with E-state index in [2.05, 4.69) is 9.98 Å². The summed E-state index contributed by atoms with van der Waals surface area (Å²) in [7, 11) is 1.57. The summed E-state index contributed by atoms with van der Waals surface area (Å²) in [6, 6.07) is 1.84. The van der Waals surface area contributed by atoms with Gasteiger partial charge in [0.2, 0.25) is 0 Å². The summed E-state index contributed by atoms with van der Waals surface area (Å²) in [6.07, 6.45) is 5.76. The minimum atomic E-state index is 0.196. The number of pyridine rings is 1. The largest absolute Gasteiger partial charge is 0.496 e. The monoisotopic (exact) mass is 281 g/mol. The molecule has 1 aromatic heterocycles. The Labute approximate surface area is 117 Å². The Kier molecular flexibility index (Phi) is 4.76. The molecule has 0 amide bonds. The second kappa shape index (κ2) is 6.54. The Balaban J connectivity index is 2.22. The highest BCUT2D eigenvalue weighted by Crippen LogP contribution is 2.26. The van der Waals surface area contributed by atoms with Crippen LogP contribution in [0.1, 0.15) is 12.0 Å². The number of aliphatic imine (C=N–C) groups is 1. The first-order valence-electron chi connectivity index (χ1n) is 5.97. The quantitative estimate of drug-likeness (QED) is 0.676. The Morgan fingerprint density at radius 1 is 1.68 bits per heavy atom. The van der Waals surface area contributed by atoms with Crippen LogP contribution in [-0.4, -0.2) is 37.6 Å². The van der Waals surface area contributed by atoms with Gasteiger partial charge < -0.3 is 15.2 Å². The van der Waals surface area contributed by atoms with E-state index in [-0.39, 0.29) is 6.04 Å². The maximum Gasteiger partial charge on any atom is 0.132 e. The molecule has 1 aliphatic rings. The van der Waals surface area contributed by atoms with E-state index >= 15 is 0 Å². The van der Waals surface area contributed by atoms with Crippen LogP contribution < -0.4 is 10.5 Å². The maximum absolute atomic E-state index is 5.83. The van der Waals surface area contributed by atoms with E-state index in [1.165, 1.54) is 6.20 Å². The molecule has 1 aliphatic heterocycles. The van der Waals surface area contributed by atoms with E-state index < -0.39 is 0 Å². The van der Waals surface area contributed by atoms with Gasteiger partial charge in [-0.1, -0.05) is 11.6 Å². The molecule has 0 aromatic carbocycles. The Morgan fingerprint density at radius 3 is 3.16 bits per heavy atom. The first-order chi connectivity index (χ1) is 9.24. The SMILES string of the molecule is COc1cc(Cl)ncc1/C(C=NC1CCOC1)=C/N. The van der Waals surface area contributed by atoms with Crippen LogP contribution in [0.5, 0.6) is 5.75 Å². The zero-order chi connectivity index (χ0) is 13.7. The van der Waals surface area contributed by atoms with E-state index in [1.807, 2.05) is 0 Å². The van der Waals surface area contributed by atoms with E-state index in [9.17, 15) is 0 Å². The molecule has 0 aliphatic carbocycles. The molecule has 1 saturated heterocycles. The molecular weight excluding hydrogens is 266 g/mol. The van der Waals surface area contributed by atoms with Crippen molar-refractivity contribution >= 4 is 23.4 Å². The number of nitrogens with zero attached hydrogens (tertiary/aromatic N) is 2. The van der Waals surface area contributed by atoms with Crippen LogP contribution in [-0.2, 0) is 4.74 Å². The van der Waals surface area contributed by atoms with Crippen molar-refractivity contribution in [1.29, 1.82) is 0 Å². The van der Waals surface area contributed by atoms with Gasteiger partial charge in [-0.2, -0.15) is 0 Å². The number of aromatic nitrogens is 1. The standard InChI is InChI=1S/C13H16ClN3O2/c1-18-12-4-13(14)17-7-11(12)9(5-15)6-16-10-2-3-19-8-10/h4-7,10H,2-3,8,15H2,1H3/b9-5+,16-6?. The van der Waals surface area contributed by atoms with Gasteiger partial charge in [0.15, 0.2) is 0 Å². The van der Waals surface area contributed by atoms with E-state index in [0.29, 0.717) is 17.5 Å². The Hall–Kier alpha value is -1.59. The second-order valence-corrected chi connectivity index (χ2v) is 4.51. The van der Waals surface area contributed by atoms with Crippen LogP contribution >= 0.6 is 11.6 Å². The average molecular weight is 282 g/mol. The lowest BCUT2D eigenvalue weighted by atomic mass is 10.1. The Bertz CT molecular complexity index is 497. The van der Waals surface area contributed by atoms with Gasteiger partial charge in [0, 0.05) is 42.4 Å². The molecule has 19 heavy (non-hydrogen) atoms. The molecule has 1 aromatic rings. The molecule has 1 atom stereocenters. The van der Waals surface area contributed by atoms with Crippen LogP contribution in [0.4, 0.5) is 0 Å². The summed E-state index contributed by atoms with van der Waals surface area (Å²) in [6.45, 7) is 1.42. The first-order valence-corrected chi connectivity index (χ1v) is 6.35. The fourth-order valence-electron chi connectivity index (χ4n) is 1.83. The van der Waals surface area contributed by atoms with Crippen molar-refractivity contribution in [1.82, 2.24) is 4.98 Å². The lowest BCUT2D eigenvalue weighted by Crippen LogP contribution is -2.04. The number of nitrogens with two attached hydrogens (primary N) is 1. The van der Waals surface area contributed by atoms with E-state index in [0.717, 1.165) is 24.2 Å². The number of ether oxygens (including phenoxy) is 2. The molecule has 0 radical (unpaired) electrons. The average Bonchev–Trinajstić information content (AvgIpc) is 2.93. The number of allylic oxidation sites excluding steroid dienone is 1. The summed E-state index contributed by atoms with van der Waals surface area (Å²) < 4.78 is 10.5. The molecule has 2 N–H and O–H groups in total. The third-order valence-electron chi connectivity index (χ3n) is 2.87. The predicted octanol–water partition coefficient (Wildman–Crippen LogP) is 1.90. The highest BCUT2D eigenvalue weighted by atomic mass is 35.5. The topological polar surface area (TPSA) is 69.7 Å². The normalized spacial score (nSPS) is 20.1. The fourth-order valence-corrected chi connectivity index (χ4v) is 1.97. The maximum atomic E-state index is 5.83. The van der Waals surface area contributed by atoms with Gasteiger partial charge in [-0.05, 0) is 6.42 Å². The zero-order valence-corrected chi connectivity index (χ0v) is 11.4. The molecule has 1 unspecified atom stereocenters. The zero-order valence-electron chi connectivity index (χ0n) is 10.7. The van der Waals surface area contributed by atoms with Crippen molar-refractivity contribution in [3.63, 3.8) is 0 Å². The molecule has 102 valence electrons. The van der Waals surface area contributed by atoms with Gasteiger partial charge >= 0.3 is 0 Å². The van der Waals surface area contributed by atoms with Gasteiger partial charge in [0.25, 0.3) is 0 Å². The second-order valence-electron chi connectivity index (χ2n) is 4.12. The summed E-state index contributed by atoms with van der Waals surface area (Å²) in [4.78, 5) is 8.49. The molecule has 6 heteroatoms. The van der Waals surface area contributed by atoms with Gasteiger partial charge in [0.05, 0.1) is 19.8 Å². The molecule has 0 saturated carbocycles. The van der Waals surface area contributed by atoms with Gasteiger partial charge in [-0.3, -0.25) is 4.99 Å². The number of halogens is 1. The molecule has 0 spiro atoms. The highest BCUT2D eigenvalue weighted by molar-refractivity contribution is 6.29. The number of methoxy groups -OCH3 is 1. The van der Waals surface area contributed by atoms with Crippen LogP contribution in [0, 0.1) is 0 Å². The molecule has 2 heterocycles. The summed E-state index contributed by atoms with van der Waals surface area (Å²) in [5.41, 5.74) is 7.15. The van der Waals surface area contributed by atoms with E-state index in [1.54, 1.807) is 25.6 Å². The van der Waals surface area contributed by atoms with Crippen LogP contribution in [0.15, 0.2) is 23.5 Å². The lowest BCUT2D eigenvalue weighted by molar-refractivity contribution is 0.194. The molecule has 1 fully saturated rings. The van der Waals surface area contributed by atoms with Gasteiger partial charge in [-0.15, -0.1) is 0 Å². The fraction of sp³-hybridized carbons (Fsp3) is 0.385. The van der Waals surface area contributed by atoms with Crippen molar-refractivity contribution in [2.45, 2.75) is 12.5 Å². The van der Waals surface area contributed by atoms with Crippen LogP contribution in [0.25, 0.3) is 5.57 Å². The molecule has 0 bridgehead atoms. The number of hydrogen-bond acceptors (Lipinski definition) is 5. The van der Waals surface area contributed by atoms with Crippen LogP contribution in [0.2, 0.25) is 5.15 Å². The Morgan fingerprint density at radius 2 is 2.53 bits per heavy atom. The lowest BCUT2D eigenvalue weighted by Gasteiger charge is -2.09. The minimum Gasteiger partial charge on any atom is -0.496 e. The van der Waals surface area contributed by atoms with Crippen molar-refractivity contribution < 1.29 is 9.47 Å². The molecule has 5 nitrogen and oxygen atoms in total. The third kappa shape index (κ3) is 3.45. The highest BCUT2D eigenvalue weighted by Gasteiger charge is 2.14. The third-order valence-corrected chi connectivity index (χ3v) is 3.08. The first kappa shape index (κ1) is 13.8. The summed E-state index contributed by atoms with van der Waals surface area (Å²) in [5.74, 6) is 0.617. The van der Waals surface area contributed by atoms with Gasteiger partial charge in [0.1, 0.15) is 10.9 Å². The van der Waals surface area contributed by atoms with Crippen molar-refractivity contribution in [3.05, 3.63) is 29.2 Å².